The molecule has 0 aromatic carbocycles. The van der Waals surface area contributed by atoms with E-state index < -0.39 is 0 Å². The molecule has 0 spiro atoms. The largest absolute Gasteiger partial charge is 0.335 e. The maximum atomic E-state index is 12.1. The van der Waals surface area contributed by atoms with Crippen LogP contribution in [0.1, 0.15) is 30.0 Å². The van der Waals surface area contributed by atoms with Gasteiger partial charge in [-0.25, -0.2) is 4.98 Å². The molecule has 1 aliphatic heterocycles. The summed E-state index contributed by atoms with van der Waals surface area (Å²) in [7, 11) is 0. The van der Waals surface area contributed by atoms with Gasteiger partial charge < -0.3 is 10.2 Å². The van der Waals surface area contributed by atoms with E-state index in [0.717, 1.165) is 23.7 Å². The van der Waals surface area contributed by atoms with Crippen molar-refractivity contribution >= 4 is 17.2 Å². The molecule has 1 aromatic heterocycles. The number of thiazole rings is 1. The second-order valence-electron chi connectivity index (χ2n) is 4.90. The zero-order valence-electron chi connectivity index (χ0n) is 9.98. The monoisotopic (exact) mass is 251 g/mol. The minimum absolute atomic E-state index is 0.0576. The lowest BCUT2D eigenvalue weighted by molar-refractivity contribution is -0.130. The molecular formula is C12H17N3OS. The van der Waals surface area contributed by atoms with E-state index >= 15 is 0 Å². The van der Waals surface area contributed by atoms with Gasteiger partial charge in [0.1, 0.15) is 0 Å². The molecule has 0 bridgehead atoms. The molecule has 1 N–H and O–H groups in total. The number of carbonyl (C=O) groups is 1. The molecule has 17 heavy (non-hydrogen) atoms. The Kier molecular flexibility index (Phi) is 2.88. The van der Waals surface area contributed by atoms with Gasteiger partial charge in [-0.05, 0) is 26.2 Å². The fourth-order valence-electron chi connectivity index (χ4n) is 2.26. The molecule has 0 radical (unpaired) electrons. The quantitative estimate of drug-likeness (QED) is 0.877. The number of nitrogens with zero attached hydrogens (tertiary/aromatic N) is 2. The molecule has 1 aromatic rings. The third-order valence-electron chi connectivity index (χ3n) is 3.33. The standard InChI is InChI=1S/C12H17N3OS/c1-8-13-10(7-17-8)6-15-5-4-11(12(15)16)14-9-2-3-9/h7,9,11,14H,2-6H2,1H3. The number of hydrogen-bond donors (Lipinski definition) is 1. The summed E-state index contributed by atoms with van der Waals surface area (Å²) in [5.74, 6) is 0.252. The van der Waals surface area contributed by atoms with Crippen LogP contribution in [0.25, 0.3) is 0 Å². The predicted molar refractivity (Wildman–Crippen MR) is 66.8 cm³/mol. The van der Waals surface area contributed by atoms with Crippen molar-refractivity contribution in [3.05, 3.63) is 16.1 Å². The molecule has 1 unspecified atom stereocenters. The lowest BCUT2D eigenvalue weighted by Gasteiger charge is -2.15. The summed E-state index contributed by atoms with van der Waals surface area (Å²) < 4.78 is 0. The Morgan fingerprint density at radius 3 is 3.00 bits per heavy atom. The summed E-state index contributed by atoms with van der Waals surface area (Å²) in [4.78, 5) is 18.5. The number of hydrogen-bond acceptors (Lipinski definition) is 4. The summed E-state index contributed by atoms with van der Waals surface area (Å²) in [6, 6.07) is 0.660. The minimum Gasteiger partial charge on any atom is -0.335 e. The fourth-order valence-corrected chi connectivity index (χ4v) is 2.87. The van der Waals surface area contributed by atoms with Gasteiger partial charge in [-0.1, -0.05) is 0 Å². The number of aryl methyl sites for hydroxylation is 1. The molecule has 1 saturated heterocycles. The number of rotatable bonds is 4. The average molecular weight is 251 g/mol. The van der Waals surface area contributed by atoms with Crippen LogP contribution in [0, 0.1) is 6.92 Å². The number of aromatic nitrogens is 1. The molecule has 4 nitrogen and oxygen atoms in total. The van der Waals surface area contributed by atoms with E-state index in [4.69, 9.17) is 0 Å². The first kappa shape index (κ1) is 11.2. The van der Waals surface area contributed by atoms with E-state index in [9.17, 15) is 4.79 Å². The van der Waals surface area contributed by atoms with Crippen molar-refractivity contribution in [3.63, 3.8) is 0 Å². The fraction of sp³-hybridized carbons (Fsp3) is 0.667. The molecule has 3 rings (SSSR count). The third-order valence-corrected chi connectivity index (χ3v) is 4.15. The number of nitrogens with one attached hydrogen (secondary N) is 1. The van der Waals surface area contributed by atoms with Crippen molar-refractivity contribution in [2.45, 2.75) is 44.8 Å². The van der Waals surface area contributed by atoms with Crippen LogP contribution in [0.2, 0.25) is 0 Å². The van der Waals surface area contributed by atoms with Gasteiger partial charge in [0, 0.05) is 18.0 Å². The van der Waals surface area contributed by atoms with E-state index in [1.54, 1.807) is 11.3 Å². The van der Waals surface area contributed by atoms with Gasteiger partial charge >= 0.3 is 0 Å². The van der Waals surface area contributed by atoms with Gasteiger partial charge in [0.15, 0.2) is 0 Å². The van der Waals surface area contributed by atoms with Crippen molar-refractivity contribution in [1.29, 1.82) is 0 Å². The minimum atomic E-state index is 0.0576. The molecule has 1 amide bonds. The van der Waals surface area contributed by atoms with Gasteiger partial charge in [0.05, 0.1) is 23.3 Å². The topological polar surface area (TPSA) is 45.2 Å². The molecule has 1 aliphatic carbocycles. The molecule has 92 valence electrons. The van der Waals surface area contributed by atoms with Crippen LogP contribution in [-0.4, -0.2) is 34.4 Å². The average Bonchev–Trinajstić information content (AvgIpc) is 2.94. The Labute approximate surface area is 105 Å². The first-order chi connectivity index (χ1) is 8.22. The van der Waals surface area contributed by atoms with Gasteiger partial charge in [-0.2, -0.15) is 0 Å². The lowest BCUT2D eigenvalue weighted by Crippen LogP contribution is -2.39. The van der Waals surface area contributed by atoms with E-state index in [0.29, 0.717) is 12.6 Å². The Balaban J connectivity index is 1.59. The van der Waals surface area contributed by atoms with Crippen molar-refractivity contribution < 1.29 is 4.79 Å². The van der Waals surface area contributed by atoms with Crippen LogP contribution in [0.4, 0.5) is 0 Å². The molecule has 1 atom stereocenters. The van der Waals surface area contributed by atoms with Crippen molar-refractivity contribution in [2.24, 2.45) is 0 Å². The van der Waals surface area contributed by atoms with E-state index in [-0.39, 0.29) is 11.9 Å². The van der Waals surface area contributed by atoms with Gasteiger partial charge in [0.2, 0.25) is 5.91 Å². The Morgan fingerprint density at radius 2 is 2.35 bits per heavy atom. The smallest absolute Gasteiger partial charge is 0.240 e. The highest BCUT2D eigenvalue weighted by Gasteiger charge is 2.35. The molecule has 1 saturated carbocycles. The molecule has 2 fully saturated rings. The second kappa shape index (κ2) is 4.38. The maximum Gasteiger partial charge on any atom is 0.240 e. The Morgan fingerprint density at radius 1 is 1.53 bits per heavy atom. The Hall–Kier alpha value is -0.940. The highest BCUT2D eigenvalue weighted by atomic mass is 32.1. The van der Waals surface area contributed by atoms with Gasteiger partial charge in [0.25, 0.3) is 0 Å². The summed E-state index contributed by atoms with van der Waals surface area (Å²) in [6.07, 6.45) is 3.41. The summed E-state index contributed by atoms with van der Waals surface area (Å²) in [5, 5.41) is 6.53. The van der Waals surface area contributed by atoms with Crippen molar-refractivity contribution in [3.8, 4) is 0 Å². The highest BCUT2D eigenvalue weighted by Crippen LogP contribution is 2.23. The van der Waals surface area contributed by atoms with Crippen LogP contribution in [-0.2, 0) is 11.3 Å². The Bertz CT molecular complexity index is 427. The van der Waals surface area contributed by atoms with Crippen LogP contribution in [0.15, 0.2) is 5.38 Å². The maximum absolute atomic E-state index is 12.1. The zero-order chi connectivity index (χ0) is 11.8. The van der Waals surface area contributed by atoms with Crippen LogP contribution in [0.3, 0.4) is 0 Å². The number of carbonyl (C=O) groups excluding carboxylic acids is 1. The molecule has 2 aliphatic rings. The highest BCUT2D eigenvalue weighted by molar-refractivity contribution is 7.09. The zero-order valence-corrected chi connectivity index (χ0v) is 10.8. The van der Waals surface area contributed by atoms with Crippen LogP contribution < -0.4 is 5.32 Å². The normalized spacial score (nSPS) is 24.6. The molecule has 5 heteroatoms. The molecular weight excluding hydrogens is 234 g/mol. The first-order valence-corrected chi connectivity index (χ1v) is 7.06. The second-order valence-corrected chi connectivity index (χ2v) is 5.96. The number of amides is 1. The van der Waals surface area contributed by atoms with E-state index in [1.807, 2.05) is 17.2 Å². The first-order valence-electron chi connectivity index (χ1n) is 6.18. The van der Waals surface area contributed by atoms with E-state index in [1.165, 1.54) is 12.8 Å². The van der Waals surface area contributed by atoms with Crippen molar-refractivity contribution in [1.82, 2.24) is 15.2 Å². The van der Waals surface area contributed by atoms with Gasteiger partial charge in [-0.15, -0.1) is 11.3 Å². The lowest BCUT2D eigenvalue weighted by atomic mass is 10.2. The number of likely N-dealkylation sites (tertiary alicyclic amines) is 1. The van der Waals surface area contributed by atoms with Gasteiger partial charge in [-0.3, -0.25) is 4.79 Å². The summed E-state index contributed by atoms with van der Waals surface area (Å²) >= 11 is 1.65. The van der Waals surface area contributed by atoms with Crippen LogP contribution >= 0.6 is 11.3 Å². The SMILES string of the molecule is Cc1nc(CN2CCC(NC3CC3)C2=O)cs1. The summed E-state index contributed by atoms with van der Waals surface area (Å²) in [6.45, 7) is 3.53. The third kappa shape index (κ3) is 2.50. The van der Waals surface area contributed by atoms with Crippen LogP contribution in [0.5, 0.6) is 0 Å². The van der Waals surface area contributed by atoms with Crippen molar-refractivity contribution in [2.75, 3.05) is 6.54 Å². The predicted octanol–water partition coefficient (Wildman–Crippen LogP) is 1.30. The molecule has 2 heterocycles. The summed E-state index contributed by atoms with van der Waals surface area (Å²) in [5.41, 5.74) is 1.02. The van der Waals surface area contributed by atoms with E-state index in [2.05, 4.69) is 10.3 Å².